The number of amides is 1. The minimum absolute atomic E-state index is 0.103. The predicted molar refractivity (Wildman–Crippen MR) is 75.8 cm³/mol. The van der Waals surface area contributed by atoms with Crippen LogP contribution in [0.5, 0.6) is 0 Å². The van der Waals surface area contributed by atoms with E-state index < -0.39 is 0 Å². The lowest BCUT2D eigenvalue weighted by atomic mass is 10.1. The van der Waals surface area contributed by atoms with E-state index in [1.54, 1.807) is 0 Å². The first-order chi connectivity index (χ1) is 8.63. The third-order valence-electron chi connectivity index (χ3n) is 2.67. The van der Waals surface area contributed by atoms with Gasteiger partial charge in [-0.25, -0.2) is 0 Å². The molecule has 0 aliphatic heterocycles. The van der Waals surface area contributed by atoms with Gasteiger partial charge in [-0.15, -0.1) is 0 Å². The average molecular weight is 269 g/mol. The van der Waals surface area contributed by atoms with Crippen molar-refractivity contribution >= 4 is 17.5 Å². The molecule has 18 heavy (non-hydrogen) atoms. The first-order valence-corrected chi connectivity index (χ1v) is 6.73. The van der Waals surface area contributed by atoms with E-state index in [-0.39, 0.29) is 5.91 Å². The normalized spacial score (nSPS) is 10.4. The Kier molecular flexibility index (Phi) is 6.76. The number of hydrogen-bond donors (Lipinski definition) is 2. The maximum absolute atomic E-state index is 11.3. The summed E-state index contributed by atoms with van der Waals surface area (Å²) < 4.78 is 0. The molecule has 0 unspecified atom stereocenters. The van der Waals surface area contributed by atoms with Gasteiger partial charge in [0.25, 0.3) is 0 Å². The number of halogens is 1. The molecule has 1 amide bonds. The highest BCUT2D eigenvalue weighted by Gasteiger charge is 2.00. The molecule has 3 nitrogen and oxygen atoms in total. The number of rotatable bonds is 7. The molecule has 0 radical (unpaired) electrons. The second kappa shape index (κ2) is 8.11. The summed E-state index contributed by atoms with van der Waals surface area (Å²) in [5, 5.41) is 6.87. The molecule has 4 heteroatoms. The Bertz CT molecular complexity index is 393. The van der Waals surface area contributed by atoms with Crippen molar-refractivity contribution in [1.29, 1.82) is 0 Å². The Labute approximate surface area is 114 Å². The molecule has 0 atom stereocenters. The van der Waals surface area contributed by atoms with Crippen LogP contribution < -0.4 is 10.6 Å². The summed E-state index contributed by atoms with van der Waals surface area (Å²) in [5.41, 5.74) is 2.22. The highest BCUT2D eigenvalue weighted by Crippen LogP contribution is 2.16. The van der Waals surface area contributed by atoms with E-state index in [1.165, 1.54) is 0 Å². The first kappa shape index (κ1) is 15.0. The molecular formula is C14H21ClN2O. The van der Waals surface area contributed by atoms with Crippen molar-refractivity contribution < 1.29 is 4.79 Å². The number of carbonyl (C=O) groups excluding carboxylic acids is 1. The van der Waals surface area contributed by atoms with E-state index in [0.29, 0.717) is 13.0 Å². The number of benzene rings is 1. The molecule has 0 saturated carbocycles. The lowest BCUT2D eigenvalue weighted by molar-refractivity contribution is -0.120. The van der Waals surface area contributed by atoms with Crippen LogP contribution >= 0.6 is 11.6 Å². The van der Waals surface area contributed by atoms with Crippen LogP contribution in [-0.4, -0.2) is 19.0 Å². The standard InChI is InChI=1S/C14H21ClN2O/c1-3-7-17-14(18)6-8-16-10-12-5-4-11(2)13(15)9-12/h4-5,9,16H,3,6-8,10H2,1-2H3,(H,17,18). The Hall–Kier alpha value is -1.06. The van der Waals surface area contributed by atoms with Crippen molar-refractivity contribution in [2.75, 3.05) is 13.1 Å². The molecule has 0 heterocycles. The Morgan fingerprint density at radius 2 is 2.11 bits per heavy atom. The van der Waals surface area contributed by atoms with Crippen LogP contribution in [0, 0.1) is 6.92 Å². The van der Waals surface area contributed by atoms with Gasteiger partial charge in [-0.2, -0.15) is 0 Å². The van der Waals surface area contributed by atoms with E-state index in [4.69, 9.17) is 11.6 Å². The second-order valence-corrected chi connectivity index (χ2v) is 4.77. The second-order valence-electron chi connectivity index (χ2n) is 4.36. The first-order valence-electron chi connectivity index (χ1n) is 6.36. The number of hydrogen-bond acceptors (Lipinski definition) is 2. The summed E-state index contributed by atoms with van der Waals surface area (Å²) in [4.78, 5) is 11.3. The fourth-order valence-corrected chi connectivity index (χ4v) is 1.74. The molecule has 0 spiro atoms. The van der Waals surface area contributed by atoms with Crippen LogP contribution in [0.25, 0.3) is 0 Å². The molecule has 1 aromatic carbocycles. The molecule has 0 saturated heterocycles. The summed E-state index contributed by atoms with van der Waals surface area (Å²) in [5.74, 6) is 0.103. The van der Waals surface area contributed by atoms with E-state index in [2.05, 4.69) is 10.6 Å². The zero-order chi connectivity index (χ0) is 13.4. The number of carbonyl (C=O) groups is 1. The largest absolute Gasteiger partial charge is 0.356 e. The summed E-state index contributed by atoms with van der Waals surface area (Å²) in [6.07, 6.45) is 1.49. The number of aryl methyl sites for hydroxylation is 1. The Morgan fingerprint density at radius 3 is 2.78 bits per heavy atom. The molecular weight excluding hydrogens is 248 g/mol. The molecule has 1 rings (SSSR count). The Morgan fingerprint density at radius 1 is 1.33 bits per heavy atom. The van der Waals surface area contributed by atoms with Crippen molar-refractivity contribution in [2.24, 2.45) is 0 Å². The van der Waals surface area contributed by atoms with Crippen molar-refractivity contribution in [3.63, 3.8) is 0 Å². The maximum Gasteiger partial charge on any atom is 0.221 e. The van der Waals surface area contributed by atoms with Crippen LogP contribution in [0.4, 0.5) is 0 Å². The molecule has 0 bridgehead atoms. The van der Waals surface area contributed by atoms with Gasteiger partial charge in [-0.05, 0) is 30.5 Å². The van der Waals surface area contributed by atoms with Crippen molar-refractivity contribution in [2.45, 2.75) is 33.2 Å². The van der Waals surface area contributed by atoms with Gasteiger partial charge in [-0.1, -0.05) is 30.7 Å². The van der Waals surface area contributed by atoms with Gasteiger partial charge in [0.2, 0.25) is 5.91 Å². The predicted octanol–water partition coefficient (Wildman–Crippen LogP) is 2.65. The SMILES string of the molecule is CCCNC(=O)CCNCc1ccc(C)c(Cl)c1. The molecule has 0 aromatic heterocycles. The molecule has 0 fully saturated rings. The number of nitrogens with one attached hydrogen (secondary N) is 2. The minimum Gasteiger partial charge on any atom is -0.356 e. The highest BCUT2D eigenvalue weighted by molar-refractivity contribution is 6.31. The van der Waals surface area contributed by atoms with Crippen LogP contribution in [-0.2, 0) is 11.3 Å². The zero-order valence-electron chi connectivity index (χ0n) is 11.1. The van der Waals surface area contributed by atoms with Crippen molar-refractivity contribution in [3.8, 4) is 0 Å². The Balaban J connectivity index is 2.21. The topological polar surface area (TPSA) is 41.1 Å². The highest BCUT2D eigenvalue weighted by atomic mass is 35.5. The van der Waals surface area contributed by atoms with Gasteiger partial charge < -0.3 is 10.6 Å². The van der Waals surface area contributed by atoms with Gasteiger partial charge >= 0.3 is 0 Å². The van der Waals surface area contributed by atoms with Crippen LogP contribution in [0.3, 0.4) is 0 Å². The van der Waals surface area contributed by atoms with Crippen molar-refractivity contribution in [3.05, 3.63) is 34.3 Å². The van der Waals surface area contributed by atoms with Crippen LogP contribution in [0.15, 0.2) is 18.2 Å². The smallest absolute Gasteiger partial charge is 0.221 e. The molecule has 0 aliphatic rings. The zero-order valence-corrected chi connectivity index (χ0v) is 11.8. The molecule has 1 aromatic rings. The summed E-state index contributed by atoms with van der Waals surface area (Å²) in [6.45, 7) is 6.20. The fraction of sp³-hybridized carbons (Fsp3) is 0.500. The third kappa shape index (κ3) is 5.52. The van der Waals surface area contributed by atoms with E-state index in [0.717, 1.165) is 35.7 Å². The molecule has 0 aliphatic carbocycles. The lowest BCUT2D eigenvalue weighted by Crippen LogP contribution is -2.28. The van der Waals surface area contributed by atoms with Gasteiger partial charge in [0.1, 0.15) is 0 Å². The van der Waals surface area contributed by atoms with Crippen LogP contribution in [0.2, 0.25) is 5.02 Å². The maximum atomic E-state index is 11.3. The quantitative estimate of drug-likeness (QED) is 0.747. The minimum atomic E-state index is 0.103. The van der Waals surface area contributed by atoms with Gasteiger partial charge in [-0.3, -0.25) is 4.79 Å². The van der Waals surface area contributed by atoms with Gasteiger partial charge in [0, 0.05) is 31.1 Å². The summed E-state index contributed by atoms with van der Waals surface area (Å²) in [7, 11) is 0. The van der Waals surface area contributed by atoms with Gasteiger partial charge in [0.15, 0.2) is 0 Å². The average Bonchev–Trinajstić information content (AvgIpc) is 2.36. The monoisotopic (exact) mass is 268 g/mol. The van der Waals surface area contributed by atoms with Crippen LogP contribution in [0.1, 0.15) is 30.9 Å². The van der Waals surface area contributed by atoms with Crippen molar-refractivity contribution in [1.82, 2.24) is 10.6 Å². The summed E-state index contributed by atoms with van der Waals surface area (Å²) >= 11 is 6.04. The third-order valence-corrected chi connectivity index (χ3v) is 3.07. The molecule has 100 valence electrons. The van der Waals surface area contributed by atoms with E-state index >= 15 is 0 Å². The van der Waals surface area contributed by atoms with Gasteiger partial charge in [0.05, 0.1) is 0 Å². The van der Waals surface area contributed by atoms with E-state index in [1.807, 2.05) is 32.0 Å². The fourth-order valence-electron chi connectivity index (χ4n) is 1.53. The molecule has 2 N–H and O–H groups in total. The van der Waals surface area contributed by atoms with E-state index in [9.17, 15) is 4.79 Å². The summed E-state index contributed by atoms with van der Waals surface area (Å²) in [6, 6.07) is 6.01. The lowest BCUT2D eigenvalue weighted by Gasteiger charge is -2.07.